The average Bonchev–Trinajstić information content (AvgIpc) is 2.68. The van der Waals surface area contributed by atoms with E-state index in [1.165, 1.54) is 6.92 Å². The Labute approximate surface area is 129 Å². The van der Waals surface area contributed by atoms with Crippen LogP contribution in [0.3, 0.4) is 0 Å². The van der Waals surface area contributed by atoms with Gasteiger partial charge in [0.15, 0.2) is 5.78 Å². The molecular formula is C15H9BrClNO2. The van der Waals surface area contributed by atoms with Crippen molar-refractivity contribution in [1.82, 2.24) is 0 Å². The van der Waals surface area contributed by atoms with Crippen LogP contribution in [0.2, 0.25) is 5.02 Å². The maximum Gasteiger partial charge on any atom is 0.221 e. The van der Waals surface area contributed by atoms with Crippen molar-refractivity contribution in [2.75, 3.05) is 5.32 Å². The molecule has 0 aliphatic heterocycles. The van der Waals surface area contributed by atoms with Crippen LogP contribution in [0.25, 0.3) is 11.1 Å². The number of halogens is 2. The van der Waals surface area contributed by atoms with Gasteiger partial charge in [0, 0.05) is 17.0 Å². The maximum absolute atomic E-state index is 12.4. The monoisotopic (exact) mass is 349 g/mol. The summed E-state index contributed by atoms with van der Waals surface area (Å²) in [6.45, 7) is 1.40. The molecule has 2 aromatic carbocycles. The highest BCUT2D eigenvalue weighted by Gasteiger charge is 2.31. The van der Waals surface area contributed by atoms with E-state index >= 15 is 0 Å². The Morgan fingerprint density at radius 1 is 1.20 bits per heavy atom. The predicted octanol–water partition coefficient (Wildman–Crippen LogP) is 4.27. The Hall–Kier alpha value is -1.65. The molecule has 0 saturated heterocycles. The Kier molecular flexibility index (Phi) is 3.15. The average molecular weight is 351 g/mol. The highest BCUT2D eigenvalue weighted by molar-refractivity contribution is 9.10. The molecule has 0 atom stereocenters. The number of hydrogen-bond donors (Lipinski definition) is 1. The van der Waals surface area contributed by atoms with E-state index in [0.29, 0.717) is 21.3 Å². The van der Waals surface area contributed by atoms with Gasteiger partial charge in [-0.2, -0.15) is 0 Å². The first-order valence-electron chi connectivity index (χ1n) is 5.94. The van der Waals surface area contributed by atoms with Gasteiger partial charge in [0.1, 0.15) is 0 Å². The summed E-state index contributed by atoms with van der Waals surface area (Å²) in [5.74, 6) is -0.352. The molecule has 0 fully saturated rings. The second kappa shape index (κ2) is 4.72. The zero-order valence-electron chi connectivity index (χ0n) is 10.5. The normalized spacial score (nSPS) is 12.1. The molecule has 0 saturated carbocycles. The minimum absolute atomic E-state index is 0.111. The number of amides is 1. The fraction of sp³-hybridized carbons (Fsp3) is 0.0667. The van der Waals surface area contributed by atoms with Crippen LogP contribution in [-0.2, 0) is 4.79 Å². The first-order valence-corrected chi connectivity index (χ1v) is 7.11. The topological polar surface area (TPSA) is 46.2 Å². The number of benzene rings is 2. The van der Waals surface area contributed by atoms with Crippen LogP contribution >= 0.6 is 27.5 Å². The molecule has 2 aromatic rings. The second-order valence-corrected chi connectivity index (χ2v) is 5.76. The minimum Gasteiger partial charge on any atom is -0.324 e. The van der Waals surface area contributed by atoms with Gasteiger partial charge in [0.25, 0.3) is 0 Å². The first kappa shape index (κ1) is 13.3. The molecule has 100 valence electrons. The second-order valence-electron chi connectivity index (χ2n) is 4.53. The molecule has 0 unspecified atom stereocenters. The van der Waals surface area contributed by atoms with Crippen molar-refractivity contribution >= 4 is 44.9 Å². The van der Waals surface area contributed by atoms with Crippen LogP contribution in [0.1, 0.15) is 22.8 Å². The van der Waals surface area contributed by atoms with Gasteiger partial charge < -0.3 is 5.32 Å². The molecule has 0 aromatic heterocycles. The number of nitrogens with one attached hydrogen (secondary N) is 1. The Morgan fingerprint density at radius 2 is 1.85 bits per heavy atom. The molecule has 1 amide bonds. The van der Waals surface area contributed by atoms with Crippen LogP contribution in [0.4, 0.5) is 5.69 Å². The van der Waals surface area contributed by atoms with E-state index in [9.17, 15) is 9.59 Å². The van der Waals surface area contributed by atoms with Crippen LogP contribution in [0, 0.1) is 0 Å². The number of carbonyl (C=O) groups is 2. The van der Waals surface area contributed by atoms with E-state index in [1.807, 2.05) is 24.3 Å². The van der Waals surface area contributed by atoms with E-state index in [2.05, 4.69) is 21.2 Å². The third-order valence-corrected chi connectivity index (χ3v) is 4.21. The quantitative estimate of drug-likeness (QED) is 0.712. The fourth-order valence-electron chi connectivity index (χ4n) is 2.39. The van der Waals surface area contributed by atoms with Crippen LogP contribution in [0.15, 0.2) is 34.8 Å². The standard InChI is InChI=1S/C15H9BrClNO2/c1-7(19)18-14-11(16)6-10-8-4-2-3-5-9(8)15(20)12(10)13(14)17/h2-6H,1H3,(H,18,19). The minimum atomic E-state index is -0.240. The van der Waals surface area contributed by atoms with Crippen molar-refractivity contribution in [3.8, 4) is 11.1 Å². The molecular weight excluding hydrogens is 342 g/mol. The summed E-state index contributed by atoms with van der Waals surface area (Å²) < 4.78 is 0.654. The summed E-state index contributed by atoms with van der Waals surface area (Å²) in [6, 6.07) is 9.18. The van der Waals surface area contributed by atoms with Gasteiger partial charge >= 0.3 is 0 Å². The van der Waals surface area contributed by atoms with Gasteiger partial charge in [0.2, 0.25) is 5.91 Å². The van der Waals surface area contributed by atoms with Gasteiger partial charge in [-0.3, -0.25) is 9.59 Å². The highest BCUT2D eigenvalue weighted by Crippen LogP contribution is 2.46. The van der Waals surface area contributed by atoms with Gasteiger partial charge in [-0.05, 0) is 33.1 Å². The molecule has 0 bridgehead atoms. The smallest absolute Gasteiger partial charge is 0.221 e. The number of carbonyl (C=O) groups excluding carboxylic acids is 2. The molecule has 1 aliphatic carbocycles. The van der Waals surface area contributed by atoms with Crippen molar-refractivity contribution in [3.63, 3.8) is 0 Å². The van der Waals surface area contributed by atoms with Crippen molar-refractivity contribution in [2.45, 2.75) is 6.92 Å². The summed E-state index contributed by atoms with van der Waals surface area (Å²) in [5.41, 5.74) is 3.16. The van der Waals surface area contributed by atoms with E-state index < -0.39 is 0 Å². The fourth-order valence-corrected chi connectivity index (χ4v) is 3.37. The van der Waals surface area contributed by atoms with Gasteiger partial charge in [-0.25, -0.2) is 0 Å². The van der Waals surface area contributed by atoms with Gasteiger partial charge in [-0.1, -0.05) is 35.9 Å². The van der Waals surface area contributed by atoms with Crippen molar-refractivity contribution < 1.29 is 9.59 Å². The number of rotatable bonds is 1. The lowest BCUT2D eigenvalue weighted by atomic mass is 10.1. The summed E-state index contributed by atoms with van der Waals surface area (Å²) in [7, 11) is 0. The van der Waals surface area contributed by atoms with Crippen molar-refractivity contribution in [1.29, 1.82) is 0 Å². The Morgan fingerprint density at radius 3 is 2.50 bits per heavy atom. The number of hydrogen-bond acceptors (Lipinski definition) is 2. The Balaban J connectivity index is 2.29. The largest absolute Gasteiger partial charge is 0.324 e. The molecule has 3 rings (SSSR count). The molecule has 1 aliphatic rings. The molecule has 0 radical (unpaired) electrons. The highest BCUT2D eigenvalue weighted by atomic mass is 79.9. The van der Waals surface area contributed by atoms with Crippen LogP contribution < -0.4 is 5.32 Å². The molecule has 0 spiro atoms. The summed E-state index contributed by atoms with van der Waals surface area (Å²) >= 11 is 9.71. The summed E-state index contributed by atoms with van der Waals surface area (Å²) in [4.78, 5) is 23.7. The molecule has 3 nitrogen and oxygen atoms in total. The zero-order valence-corrected chi connectivity index (χ0v) is 12.8. The van der Waals surface area contributed by atoms with Crippen LogP contribution in [-0.4, -0.2) is 11.7 Å². The lowest BCUT2D eigenvalue weighted by Crippen LogP contribution is -2.08. The van der Waals surface area contributed by atoms with Crippen molar-refractivity contribution in [3.05, 3.63) is 51.0 Å². The van der Waals surface area contributed by atoms with Crippen LogP contribution in [0.5, 0.6) is 0 Å². The van der Waals surface area contributed by atoms with Gasteiger partial charge in [0.05, 0.1) is 16.3 Å². The summed E-state index contributed by atoms with van der Waals surface area (Å²) in [6.07, 6.45) is 0. The molecule has 20 heavy (non-hydrogen) atoms. The van der Waals surface area contributed by atoms with Crippen molar-refractivity contribution in [2.24, 2.45) is 0 Å². The number of ketones is 1. The van der Waals surface area contributed by atoms with E-state index in [-0.39, 0.29) is 16.7 Å². The maximum atomic E-state index is 12.4. The SMILES string of the molecule is CC(=O)Nc1c(Br)cc2c(c1Cl)C(=O)c1ccccc1-2. The lowest BCUT2D eigenvalue weighted by Gasteiger charge is -2.11. The number of anilines is 1. The molecule has 1 N–H and O–H groups in total. The first-order chi connectivity index (χ1) is 9.50. The van der Waals surface area contributed by atoms with Gasteiger partial charge in [-0.15, -0.1) is 0 Å². The lowest BCUT2D eigenvalue weighted by molar-refractivity contribution is -0.114. The van der Waals surface area contributed by atoms with E-state index in [0.717, 1.165) is 11.1 Å². The van der Waals surface area contributed by atoms with E-state index in [4.69, 9.17) is 11.6 Å². The third kappa shape index (κ3) is 1.87. The number of fused-ring (bicyclic) bond motifs is 3. The Bertz CT molecular complexity index is 771. The third-order valence-electron chi connectivity index (χ3n) is 3.21. The predicted molar refractivity (Wildman–Crippen MR) is 82.3 cm³/mol. The molecule has 0 heterocycles. The van der Waals surface area contributed by atoms with E-state index in [1.54, 1.807) is 6.07 Å². The zero-order chi connectivity index (χ0) is 14.4. The summed E-state index contributed by atoms with van der Waals surface area (Å²) in [5, 5.41) is 2.92. The molecule has 5 heteroatoms.